The zero-order valence-electron chi connectivity index (χ0n) is 9.23. The maximum atomic E-state index is 11.7. The number of rotatable bonds is 2. The van der Waals surface area contributed by atoms with Crippen LogP contribution in [0.25, 0.3) is 0 Å². The minimum absolute atomic E-state index is 0.0235. The molecule has 0 saturated carbocycles. The van der Waals surface area contributed by atoms with Crippen molar-refractivity contribution in [3.05, 3.63) is 0 Å². The van der Waals surface area contributed by atoms with Crippen LogP contribution >= 0.6 is 0 Å². The van der Waals surface area contributed by atoms with E-state index in [4.69, 9.17) is 4.74 Å². The number of amides is 1. The van der Waals surface area contributed by atoms with Crippen LogP contribution in [0.15, 0.2) is 0 Å². The Morgan fingerprint density at radius 2 is 2.27 bits per heavy atom. The number of hydrogen-bond acceptors (Lipinski definition) is 3. The van der Waals surface area contributed by atoms with E-state index < -0.39 is 0 Å². The lowest BCUT2D eigenvalue weighted by Crippen LogP contribution is -2.56. The van der Waals surface area contributed by atoms with Crippen LogP contribution in [-0.2, 0) is 14.3 Å². The molecule has 0 aromatic rings. The van der Waals surface area contributed by atoms with E-state index >= 15 is 0 Å². The fourth-order valence-electron chi connectivity index (χ4n) is 3.02. The van der Waals surface area contributed by atoms with E-state index in [9.17, 15) is 9.59 Å². The fraction of sp³-hybridized carbons (Fsp3) is 0.818. The molecule has 2 saturated heterocycles. The Morgan fingerprint density at radius 1 is 1.53 bits per heavy atom. The minimum atomic E-state index is -0.176. The second-order valence-electron chi connectivity index (χ2n) is 5.06. The van der Waals surface area contributed by atoms with E-state index in [1.807, 2.05) is 18.7 Å². The summed E-state index contributed by atoms with van der Waals surface area (Å²) in [6.07, 6.45) is 3.06. The van der Waals surface area contributed by atoms with Crippen LogP contribution in [0.4, 0.5) is 0 Å². The van der Waals surface area contributed by atoms with Crippen LogP contribution in [0, 0.1) is 0 Å². The summed E-state index contributed by atoms with van der Waals surface area (Å²) >= 11 is 0. The third-order valence-corrected chi connectivity index (χ3v) is 3.49. The maximum absolute atomic E-state index is 11.7. The maximum Gasteiger partial charge on any atom is 0.293 e. The third-order valence-electron chi connectivity index (χ3n) is 3.49. The van der Waals surface area contributed by atoms with Crippen molar-refractivity contribution in [3.63, 3.8) is 0 Å². The number of carbonyl (C=O) groups is 2. The third kappa shape index (κ3) is 1.73. The second-order valence-corrected chi connectivity index (χ2v) is 5.06. The normalized spacial score (nSPS) is 33.7. The molecule has 15 heavy (non-hydrogen) atoms. The summed E-state index contributed by atoms with van der Waals surface area (Å²) in [5.41, 5.74) is -0.176. The molecule has 0 spiro atoms. The lowest BCUT2D eigenvalue weighted by Gasteiger charge is -2.46. The molecule has 2 heterocycles. The first-order valence-corrected chi connectivity index (χ1v) is 5.46. The topological polar surface area (TPSA) is 46.6 Å². The van der Waals surface area contributed by atoms with Crippen LogP contribution in [0.5, 0.6) is 0 Å². The molecule has 2 aliphatic heterocycles. The van der Waals surface area contributed by atoms with E-state index in [1.54, 1.807) is 0 Å². The van der Waals surface area contributed by atoms with Crippen LogP contribution in [0.3, 0.4) is 0 Å². The van der Waals surface area contributed by atoms with Crippen molar-refractivity contribution in [2.24, 2.45) is 0 Å². The molecular formula is C11H17NO3. The quantitative estimate of drug-likeness (QED) is 0.642. The fourth-order valence-corrected chi connectivity index (χ4v) is 3.02. The Hall–Kier alpha value is -1.06. The first kappa shape index (κ1) is 10.5. The first-order valence-electron chi connectivity index (χ1n) is 5.46. The number of nitrogens with zero attached hydrogens (tertiary/aromatic N) is 1. The van der Waals surface area contributed by atoms with Gasteiger partial charge in [-0.1, -0.05) is 0 Å². The van der Waals surface area contributed by atoms with Gasteiger partial charge in [0.2, 0.25) is 5.91 Å². The van der Waals surface area contributed by atoms with E-state index in [2.05, 4.69) is 0 Å². The molecule has 4 nitrogen and oxygen atoms in total. The van der Waals surface area contributed by atoms with E-state index in [-0.39, 0.29) is 23.6 Å². The summed E-state index contributed by atoms with van der Waals surface area (Å²) in [6.45, 7) is 4.61. The van der Waals surface area contributed by atoms with Gasteiger partial charge in [0.15, 0.2) is 0 Å². The lowest BCUT2D eigenvalue weighted by molar-refractivity contribution is -0.146. The van der Waals surface area contributed by atoms with Crippen LogP contribution in [0.1, 0.15) is 39.5 Å². The molecule has 0 bridgehead atoms. The van der Waals surface area contributed by atoms with Gasteiger partial charge in [0, 0.05) is 30.8 Å². The second kappa shape index (κ2) is 3.51. The summed E-state index contributed by atoms with van der Waals surface area (Å²) in [5.74, 6) is 0.245. The van der Waals surface area contributed by atoms with Gasteiger partial charge in [0.1, 0.15) is 6.10 Å². The molecule has 2 aliphatic rings. The summed E-state index contributed by atoms with van der Waals surface area (Å²) < 4.78 is 5.04. The minimum Gasteiger partial charge on any atom is -0.464 e. The van der Waals surface area contributed by atoms with Crippen LogP contribution < -0.4 is 0 Å². The largest absolute Gasteiger partial charge is 0.464 e. The Balaban J connectivity index is 2.16. The van der Waals surface area contributed by atoms with Crippen molar-refractivity contribution in [3.8, 4) is 0 Å². The SMILES string of the molecule is CC1(C)C[C@@H](OC=O)C[C@H]2CCC(=O)N21. The number of carbonyl (C=O) groups excluding carboxylic acids is 2. The molecule has 84 valence electrons. The van der Waals surface area contributed by atoms with E-state index in [0.29, 0.717) is 12.9 Å². The standard InChI is InChI=1S/C11H17NO3/c1-11(2)6-9(15-7-13)5-8-3-4-10(14)12(8)11/h7-9H,3-6H2,1-2H3/t8-,9+/m1/s1. The highest BCUT2D eigenvalue weighted by Gasteiger charge is 2.47. The van der Waals surface area contributed by atoms with Gasteiger partial charge < -0.3 is 9.64 Å². The molecule has 0 unspecified atom stereocenters. The van der Waals surface area contributed by atoms with Gasteiger partial charge >= 0.3 is 0 Å². The molecule has 0 aliphatic carbocycles. The Bertz CT molecular complexity index is 288. The van der Waals surface area contributed by atoms with Crippen molar-refractivity contribution in [1.82, 2.24) is 4.90 Å². The molecule has 0 radical (unpaired) electrons. The molecule has 2 atom stereocenters. The van der Waals surface area contributed by atoms with Gasteiger partial charge in [-0.3, -0.25) is 9.59 Å². The van der Waals surface area contributed by atoms with E-state index in [0.717, 1.165) is 19.3 Å². The van der Waals surface area contributed by atoms with Gasteiger partial charge in [0.05, 0.1) is 0 Å². The van der Waals surface area contributed by atoms with Crippen molar-refractivity contribution in [2.45, 2.75) is 57.2 Å². The molecule has 1 amide bonds. The average molecular weight is 211 g/mol. The zero-order chi connectivity index (χ0) is 11.1. The molecular weight excluding hydrogens is 194 g/mol. The Kier molecular flexibility index (Phi) is 2.44. The smallest absolute Gasteiger partial charge is 0.293 e. The molecule has 4 heteroatoms. The zero-order valence-corrected chi connectivity index (χ0v) is 9.23. The van der Waals surface area contributed by atoms with Gasteiger partial charge in [0.25, 0.3) is 6.47 Å². The average Bonchev–Trinajstić information content (AvgIpc) is 2.47. The van der Waals surface area contributed by atoms with Gasteiger partial charge in [-0.2, -0.15) is 0 Å². The monoisotopic (exact) mass is 211 g/mol. The van der Waals surface area contributed by atoms with Gasteiger partial charge in [-0.15, -0.1) is 0 Å². The summed E-state index contributed by atoms with van der Waals surface area (Å²) in [7, 11) is 0. The predicted molar refractivity (Wildman–Crippen MR) is 54.1 cm³/mol. The number of ether oxygens (including phenoxy) is 1. The highest BCUT2D eigenvalue weighted by atomic mass is 16.5. The Morgan fingerprint density at radius 3 is 2.93 bits per heavy atom. The van der Waals surface area contributed by atoms with Crippen molar-refractivity contribution in [2.75, 3.05) is 0 Å². The molecule has 2 fully saturated rings. The summed E-state index contributed by atoms with van der Waals surface area (Å²) in [4.78, 5) is 24.0. The number of fused-ring (bicyclic) bond motifs is 1. The lowest BCUT2D eigenvalue weighted by atomic mass is 9.85. The van der Waals surface area contributed by atoms with Crippen LogP contribution in [0.2, 0.25) is 0 Å². The van der Waals surface area contributed by atoms with Crippen LogP contribution in [-0.4, -0.2) is 35.0 Å². The van der Waals surface area contributed by atoms with Crippen molar-refractivity contribution >= 4 is 12.4 Å². The molecule has 2 rings (SSSR count). The summed E-state index contributed by atoms with van der Waals surface area (Å²) in [5, 5.41) is 0. The highest BCUT2D eigenvalue weighted by molar-refractivity contribution is 5.79. The highest BCUT2D eigenvalue weighted by Crippen LogP contribution is 2.39. The first-order chi connectivity index (χ1) is 7.04. The Labute approximate surface area is 89.6 Å². The molecule has 0 N–H and O–H groups in total. The molecule has 0 aromatic carbocycles. The number of hydrogen-bond donors (Lipinski definition) is 0. The van der Waals surface area contributed by atoms with Gasteiger partial charge in [-0.25, -0.2) is 0 Å². The summed E-state index contributed by atoms with van der Waals surface area (Å²) in [6, 6.07) is 0.270. The van der Waals surface area contributed by atoms with Crippen molar-refractivity contribution in [1.29, 1.82) is 0 Å². The number of piperidine rings is 1. The predicted octanol–water partition coefficient (Wildman–Crippen LogP) is 1.09. The molecule has 0 aromatic heterocycles. The van der Waals surface area contributed by atoms with Gasteiger partial charge in [-0.05, 0) is 20.3 Å². The van der Waals surface area contributed by atoms with E-state index in [1.165, 1.54) is 0 Å². The van der Waals surface area contributed by atoms with Crippen molar-refractivity contribution < 1.29 is 14.3 Å².